The average molecular weight is 453 g/mol. The third-order valence-electron chi connectivity index (χ3n) is 5.39. The van der Waals surface area contributed by atoms with Crippen molar-refractivity contribution in [3.63, 3.8) is 0 Å². The Morgan fingerprint density at radius 2 is 1.97 bits per heavy atom. The molecule has 3 aromatic heterocycles. The highest BCUT2D eigenvalue weighted by atomic mass is 32.1. The molecule has 10 heteroatoms. The highest BCUT2D eigenvalue weighted by Gasteiger charge is 2.41. The Kier molecular flexibility index (Phi) is 5.88. The summed E-state index contributed by atoms with van der Waals surface area (Å²) >= 11 is 1.91. The molecule has 1 amide bonds. The molecule has 0 aromatic carbocycles. The van der Waals surface area contributed by atoms with Crippen molar-refractivity contribution in [1.29, 1.82) is 0 Å². The number of hydrogen-bond donors (Lipinski definition) is 1. The van der Waals surface area contributed by atoms with Crippen molar-refractivity contribution in [2.75, 3.05) is 6.54 Å². The fraction of sp³-hybridized carbons (Fsp3) is 0.400. The van der Waals surface area contributed by atoms with Gasteiger partial charge >= 0.3 is 6.18 Å². The zero-order valence-electron chi connectivity index (χ0n) is 15.9. The Hall–Kier alpha value is -2.33. The van der Waals surface area contributed by atoms with E-state index in [1.165, 1.54) is 17.5 Å². The minimum atomic E-state index is -4.72. The van der Waals surface area contributed by atoms with E-state index in [0.29, 0.717) is 5.01 Å². The van der Waals surface area contributed by atoms with Crippen molar-refractivity contribution in [2.24, 2.45) is 0 Å². The van der Waals surface area contributed by atoms with Crippen LogP contribution in [0.15, 0.2) is 36.1 Å². The van der Waals surface area contributed by atoms with Gasteiger partial charge in [0.25, 0.3) is 5.91 Å². The van der Waals surface area contributed by atoms with Crippen molar-refractivity contribution >= 4 is 28.6 Å². The van der Waals surface area contributed by atoms with Gasteiger partial charge in [0.15, 0.2) is 15.7 Å². The van der Waals surface area contributed by atoms with Crippen LogP contribution in [-0.4, -0.2) is 27.4 Å². The molecule has 0 unspecified atom stereocenters. The Labute approximate surface area is 179 Å². The maximum atomic E-state index is 13.5. The fourth-order valence-corrected chi connectivity index (χ4v) is 5.57. The molecule has 1 N–H and O–H groups in total. The van der Waals surface area contributed by atoms with Gasteiger partial charge in [0.2, 0.25) is 0 Å². The second-order valence-corrected chi connectivity index (χ2v) is 9.19. The summed E-state index contributed by atoms with van der Waals surface area (Å²) in [6.07, 6.45) is 5.09. The van der Waals surface area contributed by atoms with E-state index in [1.54, 1.807) is 17.8 Å². The van der Waals surface area contributed by atoms with Gasteiger partial charge in [-0.05, 0) is 24.5 Å². The van der Waals surface area contributed by atoms with Gasteiger partial charge in [-0.25, -0.2) is 9.97 Å². The largest absolute Gasteiger partial charge is 0.435 e. The molecule has 1 aliphatic rings. The Morgan fingerprint density at radius 3 is 2.60 bits per heavy atom. The highest BCUT2D eigenvalue weighted by molar-refractivity contribution is 7.21. The zero-order valence-corrected chi connectivity index (χ0v) is 17.5. The van der Waals surface area contributed by atoms with Gasteiger partial charge in [-0.3, -0.25) is 9.78 Å². The van der Waals surface area contributed by atoms with Crippen molar-refractivity contribution < 1.29 is 18.0 Å². The molecule has 3 heterocycles. The van der Waals surface area contributed by atoms with Crippen LogP contribution in [0.3, 0.4) is 0 Å². The first-order valence-electron chi connectivity index (χ1n) is 9.56. The van der Waals surface area contributed by atoms with Crippen LogP contribution in [0, 0.1) is 0 Å². The Bertz CT molecular complexity index is 997. The highest BCUT2D eigenvalue weighted by Crippen LogP contribution is 2.40. The second-order valence-electron chi connectivity index (χ2n) is 7.30. The number of nitrogens with zero attached hydrogens (tertiary/aromatic N) is 3. The van der Waals surface area contributed by atoms with Gasteiger partial charge in [-0.2, -0.15) is 13.2 Å². The van der Waals surface area contributed by atoms with Crippen LogP contribution >= 0.6 is 22.7 Å². The van der Waals surface area contributed by atoms with Gasteiger partial charge in [0, 0.05) is 35.9 Å². The fourth-order valence-electron chi connectivity index (χ4n) is 3.89. The lowest BCUT2D eigenvalue weighted by Gasteiger charge is -2.37. The molecule has 0 saturated heterocycles. The summed E-state index contributed by atoms with van der Waals surface area (Å²) < 4.78 is 40.6. The van der Waals surface area contributed by atoms with Gasteiger partial charge in [-0.1, -0.05) is 25.3 Å². The van der Waals surface area contributed by atoms with Crippen LogP contribution in [0.2, 0.25) is 0 Å². The van der Waals surface area contributed by atoms with E-state index in [2.05, 4.69) is 20.3 Å². The molecule has 0 spiro atoms. The first kappa shape index (κ1) is 20.9. The summed E-state index contributed by atoms with van der Waals surface area (Å²) in [7, 11) is 0. The molecular weight excluding hydrogens is 433 g/mol. The maximum Gasteiger partial charge on any atom is 0.435 e. The first-order chi connectivity index (χ1) is 14.4. The lowest BCUT2D eigenvalue weighted by atomic mass is 9.70. The molecule has 3 aromatic rings. The van der Waals surface area contributed by atoms with Gasteiger partial charge in [0.1, 0.15) is 4.88 Å². The number of halogens is 3. The van der Waals surface area contributed by atoms with Crippen molar-refractivity contribution in [2.45, 2.75) is 43.7 Å². The monoisotopic (exact) mass is 452 g/mol. The normalized spacial score (nSPS) is 16.4. The number of nitrogens with one attached hydrogen (secondary N) is 1. The number of aromatic nitrogens is 3. The summed E-state index contributed by atoms with van der Waals surface area (Å²) in [5, 5.41) is 4.89. The lowest BCUT2D eigenvalue weighted by molar-refractivity contribution is -0.141. The number of alkyl halides is 3. The number of rotatable bonds is 5. The molecule has 0 aliphatic heterocycles. The standard InChI is InChI=1S/C20H19F3N4OS2/c21-20(22,23)15-14(30-18(27-15)17-25-9-10-29-17)16(28)26-12-19(6-2-1-3-7-19)13-5-4-8-24-11-13/h4-5,8-11H,1-3,6-7,12H2,(H,26,28). The molecule has 30 heavy (non-hydrogen) atoms. The lowest BCUT2D eigenvalue weighted by Crippen LogP contribution is -2.42. The molecule has 1 fully saturated rings. The average Bonchev–Trinajstić information content (AvgIpc) is 3.43. The number of carbonyl (C=O) groups excluding carboxylic acids is 1. The summed E-state index contributed by atoms with van der Waals surface area (Å²) in [5.74, 6) is -0.753. The van der Waals surface area contributed by atoms with Crippen LogP contribution < -0.4 is 5.32 Å². The van der Waals surface area contributed by atoms with E-state index in [4.69, 9.17) is 0 Å². The number of thiazole rings is 2. The third-order valence-corrected chi connectivity index (χ3v) is 7.36. The summed E-state index contributed by atoms with van der Waals surface area (Å²) in [5.41, 5.74) is -0.466. The van der Waals surface area contributed by atoms with E-state index >= 15 is 0 Å². The first-order valence-corrected chi connectivity index (χ1v) is 11.3. The van der Waals surface area contributed by atoms with Gasteiger partial charge in [-0.15, -0.1) is 22.7 Å². The Morgan fingerprint density at radius 1 is 1.17 bits per heavy atom. The van der Waals surface area contributed by atoms with E-state index < -0.39 is 22.7 Å². The van der Waals surface area contributed by atoms with E-state index in [-0.39, 0.29) is 17.0 Å². The van der Waals surface area contributed by atoms with E-state index in [9.17, 15) is 18.0 Å². The van der Waals surface area contributed by atoms with E-state index in [1.807, 2.05) is 12.1 Å². The minimum Gasteiger partial charge on any atom is -0.350 e. The minimum absolute atomic E-state index is 0.0992. The predicted octanol–water partition coefficient (Wildman–Crippen LogP) is 5.31. The quantitative estimate of drug-likeness (QED) is 0.570. The van der Waals surface area contributed by atoms with Crippen molar-refractivity contribution in [3.05, 3.63) is 52.2 Å². The third kappa shape index (κ3) is 4.24. The van der Waals surface area contributed by atoms with Crippen molar-refractivity contribution in [1.82, 2.24) is 20.3 Å². The van der Waals surface area contributed by atoms with Crippen LogP contribution in [-0.2, 0) is 11.6 Å². The number of hydrogen-bond acceptors (Lipinski definition) is 6. The summed E-state index contributed by atoms with van der Waals surface area (Å²) in [6.45, 7) is 0.263. The van der Waals surface area contributed by atoms with Gasteiger partial charge in [0.05, 0.1) is 0 Å². The molecule has 1 aliphatic carbocycles. The van der Waals surface area contributed by atoms with E-state index in [0.717, 1.165) is 49.0 Å². The maximum absolute atomic E-state index is 13.5. The molecule has 158 valence electrons. The van der Waals surface area contributed by atoms with Crippen LogP contribution in [0.5, 0.6) is 0 Å². The Balaban J connectivity index is 1.60. The molecule has 0 radical (unpaired) electrons. The summed E-state index contributed by atoms with van der Waals surface area (Å²) in [6, 6.07) is 3.82. The van der Waals surface area contributed by atoms with Crippen LogP contribution in [0.25, 0.3) is 10.0 Å². The van der Waals surface area contributed by atoms with Crippen molar-refractivity contribution in [3.8, 4) is 10.0 Å². The second kappa shape index (κ2) is 8.43. The SMILES string of the molecule is O=C(NCC1(c2cccnc2)CCCCC1)c1sc(-c2nccs2)nc1C(F)(F)F. The number of carbonyl (C=O) groups is 1. The molecule has 5 nitrogen and oxygen atoms in total. The number of amides is 1. The topological polar surface area (TPSA) is 67.8 Å². The molecule has 0 bridgehead atoms. The summed E-state index contributed by atoms with van der Waals surface area (Å²) in [4.78, 5) is 24.3. The molecular formula is C20H19F3N4OS2. The van der Waals surface area contributed by atoms with Crippen LogP contribution in [0.4, 0.5) is 13.2 Å². The molecule has 1 saturated carbocycles. The van der Waals surface area contributed by atoms with Crippen LogP contribution in [0.1, 0.15) is 53.0 Å². The van der Waals surface area contributed by atoms with Gasteiger partial charge < -0.3 is 5.32 Å². The number of pyridine rings is 1. The predicted molar refractivity (Wildman–Crippen MR) is 110 cm³/mol. The smallest absolute Gasteiger partial charge is 0.350 e. The zero-order chi connectivity index (χ0) is 21.2. The molecule has 4 rings (SSSR count). The molecule has 0 atom stereocenters.